The first-order valence-electron chi connectivity index (χ1n) is 5.46. The van der Waals surface area contributed by atoms with E-state index in [9.17, 15) is 4.39 Å². The fourth-order valence-electron chi connectivity index (χ4n) is 1.58. The van der Waals surface area contributed by atoms with Crippen LogP contribution in [0.5, 0.6) is 0 Å². The topological polar surface area (TPSA) is 23.9 Å². The molecule has 0 atom stereocenters. The second kappa shape index (κ2) is 5.44. The molecule has 0 fully saturated rings. The van der Waals surface area contributed by atoms with Crippen molar-refractivity contribution >= 4 is 19.0 Å². The van der Waals surface area contributed by atoms with Crippen LogP contribution in [0, 0.1) is 11.2 Å². The number of benzene rings is 2. The van der Waals surface area contributed by atoms with Gasteiger partial charge in [-0.05, 0) is 24.0 Å². The standard InChI is InChI=1S/C14H12BFN/c16-14-7-5-13(6-8-14)15-9-11-1-3-12(10-17)4-2-11/h1-8,10,17H,9H2. The van der Waals surface area contributed by atoms with Crippen molar-refractivity contribution in [3.63, 3.8) is 0 Å². The zero-order valence-electron chi connectivity index (χ0n) is 9.36. The van der Waals surface area contributed by atoms with Gasteiger partial charge in [0.1, 0.15) is 5.82 Å². The molecule has 0 aliphatic carbocycles. The summed E-state index contributed by atoms with van der Waals surface area (Å²) in [6.45, 7) is 0. The Hall–Kier alpha value is -1.90. The maximum Gasteiger partial charge on any atom is 0.156 e. The van der Waals surface area contributed by atoms with E-state index in [0.29, 0.717) is 0 Å². The quantitative estimate of drug-likeness (QED) is 0.608. The molecule has 2 rings (SSSR count). The van der Waals surface area contributed by atoms with Crippen molar-refractivity contribution in [2.24, 2.45) is 0 Å². The number of halogens is 1. The predicted molar refractivity (Wildman–Crippen MR) is 69.8 cm³/mol. The summed E-state index contributed by atoms with van der Waals surface area (Å²) in [7, 11) is 2.05. The number of hydrogen-bond acceptors (Lipinski definition) is 1. The minimum atomic E-state index is -0.211. The molecule has 0 aromatic heterocycles. The van der Waals surface area contributed by atoms with Crippen LogP contribution in [0.25, 0.3) is 0 Å². The van der Waals surface area contributed by atoms with Gasteiger partial charge >= 0.3 is 0 Å². The molecule has 1 nitrogen and oxygen atoms in total. The molecule has 0 aliphatic heterocycles. The molecule has 0 saturated carbocycles. The summed E-state index contributed by atoms with van der Waals surface area (Å²) in [6.07, 6.45) is 2.14. The van der Waals surface area contributed by atoms with Crippen LogP contribution >= 0.6 is 0 Å². The molecule has 0 spiro atoms. The molecule has 17 heavy (non-hydrogen) atoms. The van der Waals surface area contributed by atoms with Gasteiger partial charge in [-0.2, -0.15) is 0 Å². The smallest absolute Gasteiger partial charge is 0.156 e. The SMILES string of the molecule is N=Cc1ccc(C[B]c2ccc(F)cc2)cc1. The van der Waals surface area contributed by atoms with E-state index >= 15 is 0 Å². The van der Waals surface area contributed by atoms with Crippen LogP contribution in [0.2, 0.25) is 0 Å². The summed E-state index contributed by atoms with van der Waals surface area (Å²) in [5.41, 5.74) is 3.10. The van der Waals surface area contributed by atoms with Crippen LogP contribution in [0.4, 0.5) is 4.39 Å². The van der Waals surface area contributed by atoms with E-state index in [-0.39, 0.29) is 5.82 Å². The molecule has 0 saturated heterocycles. The summed E-state index contributed by atoms with van der Waals surface area (Å²) in [6, 6.07) is 14.3. The molecule has 0 heterocycles. The van der Waals surface area contributed by atoms with Crippen molar-refractivity contribution in [2.75, 3.05) is 0 Å². The molecule has 0 amide bonds. The maximum atomic E-state index is 12.7. The van der Waals surface area contributed by atoms with Crippen molar-refractivity contribution in [3.8, 4) is 0 Å². The Kier molecular flexibility index (Phi) is 3.71. The predicted octanol–water partition coefficient (Wildman–Crippen LogP) is 2.35. The molecule has 83 valence electrons. The second-order valence-corrected chi connectivity index (χ2v) is 3.85. The first-order chi connectivity index (χ1) is 8.28. The largest absolute Gasteiger partial charge is 0.308 e. The van der Waals surface area contributed by atoms with Gasteiger partial charge in [0.15, 0.2) is 7.28 Å². The number of hydrogen-bond donors (Lipinski definition) is 1. The monoisotopic (exact) mass is 224 g/mol. The van der Waals surface area contributed by atoms with E-state index in [1.807, 2.05) is 24.3 Å². The highest BCUT2D eigenvalue weighted by molar-refractivity contribution is 6.52. The van der Waals surface area contributed by atoms with Gasteiger partial charge in [0.25, 0.3) is 0 Å². The summed E-state index contributed by atoms with van der Waals surface area (Å²) in [4.78, 5) is 0. The van der Waals surface area contributed by atoms with E-state index in [1.165, 1.54) is 23.9 Å². The Labute approximate surface area is 101 Å². The van der Waals surface area contributed by atoms with Crippen LogP contribution in [0.1, 0.15) is 11.1 Å². The Balaban J connectivity index is 1.97. The van der Waals surface area contributed by atoms with Crippen LogP contribution in [-0.4, -0.2) is 13.5 Å². The molecule has 1 radical (unpaired) electrons. The minimum absolute atomic E-state index is 0.211. The van der Waals surface area contributed by atoms with Gasteiger partial charge in [-0.25, -0.2) is 4.39 Å². The minimum Gasteiger partial charge on any atom is -0.308 e. The van der Waals surface area contributed by atoms with E-state index in [1.54, 1.807) is 12.1 Å². The highest BCUT2D eigenvalue weighted by Gasteiger charge is 1.98. The average Bonchev–Trinajstić information content (AvgIpc) is 2.39. The Morgan fingerprint density at radius 2 is 1.65 bits per heavy atom. The lowest BCUT2D eigenvalue weighted by Gasteiger charge is -2.01. The normalized spacial score (nSPS) is 9.94. The molecule has 0 unspecified atom stereocenters. The summed E-state index contributed by atoms with van der Waals surface area (Å²) in [5, 5.41) is 7.10. The Morgan fingerprint density at radius 3 is 2.24 bits per heavy atom. The summed E-state index contributed by atoms with van der Waals surface area (Å²) >= 11 is 0. The molecule has 2 aromatic carbocycles. The van der Waals surface area contributed by atoms with Crippen LogP contribution < -0.4 is 5.46 Å². The van der Waals surface area contributed by atoms with Crippen LogP contribution in [0.3, 0.4) is 0 Å². The third-order valence-corrected chi connectivity index (χ3v) is 2.59. The zero-order chi connectivity index (χ0) is 12.1. The van der Waals surface area contributed by atoms with E-state index in [2.05, 4.69) is 7.28 Å². The highest BCUT2D eigenvalue weighted by atomic mass is 19.1. The molecule has 3 heteroatoms. The average molecular weight is 224 g/mol. The number of nitrogens with one attached hydrogen (secondary N) is 1. The van der Waals surface area contributed by atoms with Gasteiger partial charge in [-0.3, -0.25) is 0 Å². The molecular weight excluding hydrogens is 212 g/mol. The van der Waals surface area contributed by atoms with Crippen molar-refractivity contribution in [1.29, 1.82) is 5.41 Å². The fourth-order valence-corrected chi connectivity index (χ4v) is 1.58. The van der Waals surface area contributed by atoms with Crippen molar-refractivity contribution in [1.82, 2.24) is 0 Å². The Morgan fingerprint density at radius 1 is 1.00 bits per heavy atom. The third kappa shape index (κ3) is 3.28. The lowest BCUT2D eigenvalue weighted by Crippen LogP contribution is -2.16. The summed E-state index contributed by atoms with van der Waals surface area (Å²) < 4.78 is 12.7. The lowest BCUT2D eigenvalue weighted by atomic mass is 9.65. The van der Waals surface area contributed by atoms with Gasteiger partial charge in [-0.1, -0.05) is 47.4 Å². The zero-order valence-corrected chi connectivity index (χ0v) is 9.36. The lowest BCUT2D eigenvalue weighted by molar-refractivity contribution is 0.628. The second-order valence-electron chi connectivity index (χ2n) is 3.85. The molecule has 1 N–H and O–H groups in total. The highest BCUT2D eigenvalue weighted by Crippen LogP contribution is 2.03. The van der Waals surface area contributed by atoms with E-state index in [0.717, 1.165) is 17.3 Å². The first kappa shape index (κ1) is 11.6. The van der Waals surface area contributed by atoms with Crippen molar-refractivity contribution < 1.29 is 4.39 Å². The van der Waals surface area contributed by atoms with E-state index < -0.39 is 0 Å². The third-order valence-electron chi connectivity index (χ3n) is 2.59. The van der Waals surface area contributed by atoms with Gasteiger partial charge in [0.2, 0.25) is 0 Å². The van der Waals surface area contributed by atoms with Crippen molar-refractivity contribution in [2.45, 2.75) is 6.32 Å². The Bertz CT molecular complexity index is 491. The maximum absolute atomic E-state index is 12.7. The van der Waals surface area contributed by atoms with Crippen molar-refractivity contribution in [3.05, 3.63) is 65.5 Å². The van der Waals surface area contributed by atoms with Gasteiger partial charge in [0, 0.05) is 6.21 Å². The van der Waals surface area contributed by atoms with Crippen LogP contribution in [-0.2, 0) is 6.32 Å². The van der Waals surface area contributed by atoms with Crippen LogP contribution in [0.15, 0.2) is 48.5 Å². The molecule has 0 aliphatic rings. The fraction of sp³-hybridized carbons (Fsp3) is 0.0714. The van der Waals surface area contributed by atoms with E-state index in [4.69, 9.17) is 5.41 Å². The van der Waals surface area contributed by atoms with Gasteiger partial charge < -0.3 is 5.41 Å². The molecular formula is C14H12BFN. The molecule has 2 aromatic rings. The number of rotatable bonds is 4. The first-order valence-corrected chi connectivity index (χ1v) is 5.46. The van der Waals surface area contributed by atoms with Gasteiger partial charge in [-0.15, -0.1) is 0 Å². The molecule has 0 bridgehead atoms. The van der Waals surface area contributed by atoms with Gasteiger partial charge in [0.05, 0.1) is 0 Å². The summed E-state index contributed by atoms with van der Waals surface area (Å²) in [5.74, 6) is -0.211.